The molecular formula is C17H26N2. The summed E-state index contributed by atoms with van der Waals surface area (Å²) in [7, 11) is 0. The zero-order valence-electron chi connectivity index (χ0n) is 12.4. The Morgan fingerprint density at radius 2 is 1.95 bits per heavy atom. The van der Waals surface area contributed by atoms with Crippen molar-refractivity contribution >= 4 is 0 Å². The van der Waals surface area contributed by atoms with Gasteiger partial charge in [-0.3, -0.25) is 0 Å². The van der Waals surface area contributed by atoms with Crippen LogP contribution in [0.1, 0.15) is 45.6 Å². The summed E-state index contributed by atoms with van der Waals surface area (Å²) in [6.07, 6.45) is 4.31. The smallest absolute Gasteiger partial charge is 0.0683 e. The van der Waals surface area contributed by atoms with Crippen LogP contribution in [0.4, 0.5) is 0 Å². The number of nitrogens with one attached hydrogen (secondary N) is 1. The number of aryl methyl sites for hydroxylation is 1. The van der Waals surface area contributed by atoms with Gasteiger partial charge in [-0.05, 0) is 58.6 Å². The zero-order chi connectivity index (χ0) is 14.1. The van der Waals surface area contributed by atoms with E-state index in [4.69, 9.17) is 5.26 Å². The molecule has 2 heteroatoms. The topological polar surface area (TPSA) is 35.8 Å². The molecule has 2 nitrogen and oxygen atoms in total. The molecule has 0 amide bonds. The molecule has 1 N–H and O–H groups in total. The summed E-state index contributed by atoms with van der Waals surface area (Å²) in [5, 5.41) is 12.5. The van der Waals surface area contributed by atoms with E-state index >= 15 is 0 Å². The van der Waals surface area contributed by atoms with Gasteiger partial charge in [-0.2, -0.15) is 5.26 Å². The van der Waals surface area contributed by atoms with Crippen LogP contribution in [-0.4, -0.2) is 12.6 Å². The van der Waals surface area contributed by atoms with Crippen LogP contribution in [0.2, 0.25) is 0 Å². The second-order valence-corrected chi connectivity index (χ2v) is 5.98. The molecule has 1 atom stereocenters. The highest BCUT2D eigenvalue weighted by atomic mass is 14.9. The molecule has 19 heavy (non-hydrogen) atoms. The van der Waals surface area contributed by atoms with Crippen LogP contribution in [0.25, 0.3) is 0 Å². The first-order chi connectivity index (χ1) is 9.03. The van der Waals surface area contributed by atoms with E-state index in [1.54, 1.807) is 0 Å². The average molecular weight is 258 g/mol. The van der Waals surface area contributed by atoms with E-state index in [0.29, 0.717) is 6.04 Å². The largest absolute Gasteiger partial charge is 0.314 e. The Balaban J connectivity index is 2.12. The Kier molecular flexibility index (Phi) is 6.59. The number of hydrogen-bond acceptors (Lipinski definition) is 2. The Bertz CT molecular complexity index is 389. The van der Waals surface area contributed by atoms with E-state index in [2.05, 4.69) is 48.6 Å². The first-order valence-electron chi connectivity index (χ1n) is 7.22. The van der Waals surface area contributed by atoms with Crippen LogP contribution in [0.5, 0.6) is 0 Å². The van der Waals surface area contributed by atoms with E-state index in [1.807, 2.05) is 13.8 Å². The molecule has 104 valence electrons. The number of nitriles is 1. The van der Waals surface area contributed by atoms with Gasteiger partial charge in [-0.15, -0.1) is 0 Å². The van der Waals surface area contributed by atoms with Crippen molar-refractivity contribution in [3.63, 3.8) is 0 Å². The Hall–Kier alpha value is -1.33. The summed E-state index contributed by atoms with van der Waals surface area (Å²) in [4.78, 5) is 0. The number of hydrogen-bond donors (Lipinski definition) is 1. The van der Waals surface area contributed by atoms with Gasteiger partial charge >= 0.3 is 0 Å². The Labute approximate surface area is 117 Å². The van der Waals surface area contributed by atoms with Crippen molar-refractivity contribution in [3.8, 4) is 6.07 Å². The maximum Gasteiger partial charge on any atom is 0.0683 e. The van der Waals surface area contributed by atoms with Crippen molar-refractivity contribution in [2.45, 2.75) is 52.5 Å². The van der Waals surface area contributed by atoms with E-state index in [1.165, 1.54) is 5.56 Å². The standard InChI is InChI=1S/C17H26N2/c1-15(10-11-16-8-5-4-6-9-16)19-13-7-12-17(2,3)14-18/h4-6,8-9,15,19H,7,10-13H2,1-3H3. The number of benzene rings is 1. The van der Waals surface area contributed by atoms with Crippen molar-refractivity contribution in [2.24, 2.45) is 5.41 Å². The van der Waals surface area contributed by atoms with Crippen molar-refractivity contribution in [2.75, 3.05) is 6.54 Å². The molecule has 1 aromatic carbocycles. The maximum atomic E-state index is 8.94. The lowest BCUT2D eigenvalue weighted by atomic mass is 9.90. The molecule has 0 aliphatic heterocycles. The second kappa shape index (κ2) is 7.96. The predicted octanol–water partition coefficient (Wildman–Crippen LogP) is 3.93. The first-order valence-corrected chi connectivity index (χ1v) is 7.22. The van der Waals surface area contributed by atoms with E-state index in [0.717, 1.165) is 32.2 Å². The van der Waals surface area contributed by atoms with Gasteiger partial charge in [-0.25, -0.2) is 0 Å². The minimum atomic E-state index is -0.186. The summed E-state index contributed by atoms with van der Waals surface area (Å²) in [5.41, 5.74) is 1.22. The van der Waals surface area contributed by atoms with Crippen LogP contribution < -0.4 is 5.32 Å². The maximum absolute atomic E-state index is 8.94. The zero-order valence-corrected chi connectivity index (χ0v) is 12.4. The fourth-order valence-electron chi connectivity index (χ4n) is 2.06. The van der Waals surface area contributed by atoms with Gasteiger partial charge in [0.2, 0.25) is 0 Å². The lowest BCUT2D eigenvalue weighted by molar-refractivity contribution is 0.411. The molecule has 0 aliphatic rings. The van der Waals surface area contributed by atoms with Gasteiger partial charge in [0.05, 0.1) is 11.5 Å². The van der Waals surface area contributed by atoms with Crippen molar-refractivity contribution < 1.29 is 0 Å². The van der Waals surface area contributed by atoms with Gasteiger partial charge < -0.3 is 5.32 Å². The average Bonchev–Trinajstić information content (AvgIpc) is 2.42. The minimum absolute atomic E-state index is 0.186. The fourth-order valence-corrected chi connectivity index (χ4v) is 2.06. The van der Waals surface area contributed by atoms with Crippen molar-refractivity contribution in [1.29, 1.82) is 5.26 Å². The van der Waals surface area contributed by atoms with Gasteiger partial charge in [0.15, 0.2) is 0 Å². The molecule has 0 aliphatic carbocycles. The lowest BCUT2D eigenvalue weighted by Gasteiger charge is -2.17. The van der Waals surface area contributed by atoms with Gasteiger partial charge in [-0.1, -0.05) is 30.3 Å². The number of nitrogens with zero attached hydrogens (tertiary/aromatic N) is 1. The molecule has 0 saturated carbocycles. The van der Waals surface area contributed by atoms with Crippen molar-refractivity contribution in [1.82, 2.24) is 5.32 Å². The normalized spacial score (nSPS) is 12.9. The first kappa shape index (κ1) is 15.7. The summed E-state index contributed by atoms with van der Waals surface area (Å²) in [6.45, 7) is 7.25. The molecule has 0 spiro atoms. The molecular weight excluding hydrogens is 232 g/mol. The van der Waals surface area contributed by atoms with Gasteiger partial charge in [0.25, 0.3) is 0 Å². The Morgan fingerprint density at radius 3 is 2.58 bits per heavy atom. The highest BCUT2D eigenvalue weighted by Gasteiger charge is 2.15. The summed E-state index contributed by atoms with van der Waals surface area (Å²) in [5.74, 6) is 0. The molecule has 1 aromatic rings. The van der Waals surface area contributed by atoms with Crippen LogP contribution >= 0.6 is 0 Å². The second-order valence-electron chi connectivity index (χ2n) is 5.98. The molecule has 1 rings (SSSR count). The molecule has 0 saturated heterocycles. The third kappa shape index (κ3) is 6.98. The van der Waals surface area contributed by atoms with E-state index < -0.39 is 0 Å². The molecule has 0 bridgehead atoms. The monoisotopic (exact) mass is 258 g/mol. The summed E-state index contributed by atoms with van der Waals surface area (Å²) >= 11 is 0. The quantitative estimate of drug-likeness (QED) is 0.717. The lowest BCUT2D eigenvalue weighted by Crippen LogP contribution is -2.28. The SMILES string of the molecule is CC(CCc1ccccc1)NCCCC(C)(C)C#N. The van der Waals surface area contributed by atoms with Crippen LogP contribution in [0, 0.1) is 16.7 Å². The minimum Gasteiger partial charge on any atom is -0.314 e. The van der Waals surface area contributed by atoms with E-state index in [-0.39, 0.29) is 5.41 Å². The summed E-state index contributed by atoms with van der Waals surface area (Å²) < 4.78 is 0. The van der Waals surface area contributed by atoms with Crippen molar-refractivity contribution in [3.05, 3.63) is 35.9 Å². The van der Waals surface area contributed by atoms with Gasteiger partial charge in [0.1, 0.15) is 0 Å². The molecule has 0 aromatic heterocycles. The molecule has 0 heterocycles. The molecule has 0 fully saturated rings. The Morgan fingerprint density at radius 1 is 1.26 bits per heavy atom. The third-order valence-corrected chi connectivity index (χ3v) is 3.48. The van der Waals surface area contributed by atoms with Crippen LogP contribution in [0.3, 0.4) is 0 Å². The molecule has 1 unspecified atom stereocenters. The van der Waals surface area contributed by atoms with Gasteiger partial charge in [0, 0.05) is 6.04 Å². The fraction of sp³-hybridized carbons (Fsp3) is 0.588. The van der Waals surface area contributed by atoms with Crippen LogP contribution in [-0.2, 0) is 6.42 Å². The predicted molar refractivity (Wildman–Crippen MR) is 80.9 cm³/mol. The van der Waals surface area contributed by atoms with E-state index in [9.17, 15) is 0 Å². The summed E-state index contributed by atoms with van der Waals surface area (Å²) in [6, 6.07) is 13.5. The highest BCUT2D eigenvalue weighted by molar-refractivity contribution is 5.14. The number of rotatable bonds is 8. The highest BCUT2D eigenvalue weighted by Crippen LogP contribution is 2.20. The van der Waals surface area contributed by atoms with Crippen LogP contribution in [0.15, 0.2) is 30.3 Å². The molecule has 0 radical (unpaired) electrons. The third-order valence-electron chi connectivity index (χ3n) is 3.48.